The summed E-state index contributed by atoms with van der Waals surface area (Å²) in [7, 11) is 1.77. The molecule has 0 spiro atoms. The minimum Gasteiger partial charge on any atom is -0.298 e. The molecule has 0 radical (unpaired) electrons. The Balaban J connectivity index is 2.55. The molecule has 14 heavy (non-hydrogen) atoms. The summed E-state index contributed by atoms with van der Waals surface area (Å²) in [6, 6.07) is 0. The first-order valence-corrected chi connectivity index (χ1v) is 4.21. The van der Waals surface area contributed by atoms with E-state index in [1.54, 1.807) is 28.8 Å². The summed E-state index contributed by atoms with van der Waals surface area (Å²) in [5, 5.41) is 8.24. The zero-order valence-corrected chi connectivity index (χ0v) is 8.01. The molecule has 0 aliphatic carbocycles. The number of carbonyl (C=O) groups excluding carboxylic acids is 1. The van der Waals surface area contributed by atoms with Gasteiger partial charge in [-0.05, 0) is 12.5 Å². The molecule has 0 saturated carbocycles. The van der Waals surface area contributed by atoms with Gasteiger partial charge >= 0.3 is 0 Å². The standard InChI is InChI=1S/C9H10N4O/c1-7-3-10-13(4-7)9-8(6-14)5-12(2)11-9/h3-6H,1-2H3. The summed E-state index contributed by atoms with van der Waals surface area (Å²) in [4.78, 5) is 10.7. The van der Waals surface area contributed by atoms with E-state index in [0.717, 1.165) is 11.8 Å². The van der Waals surface area contributed by atoms with Crippen LogP contribution in [-0.2, 0) is 7.05 Å². The van der Waals surface area contributed by atoms with Crippen LogP contribution in [0.15, 0.2) is 18.6 Å². The lowest BCUT2D eigenvalue weighted by Gasteiger charge is -1.94. The van der Waals surface area contributed by atoms with Crippen LogP contribution < -0.4 is 0 Å². The summed E-state index contributed by atoms with van der Waals surface area (Å²) in [6.45, 7) is 1.94. The molecule has 72 valence electrons. The first-order valence-electron chi connectivity index (χ1n) is 4.21. The van der Waals surface area contributed by atoms with E-state index in [1.807, 2.05) is 13.1 Å². The van der Waals surface area contributed by atoms with E-state index in [0.29, 0.717) is 11.4 Å². The fourth-order valence-electron chi connectivity index (χ4n) is 1.28. The minimum atomic E-state index is 0.538. The van der Waals surface area contributed by atoms with Crippen molar-refractivity contribution < 1.29 is 4.79 Å². The molecule has 0 saturated heterocycles. The van der Waals surface area contributed by atoms with Crippen LogP contribution in [0.3, 0.4) is 0 Å². The number of hydrogen-bond acceptors (Lipinski definition) is 3. The molecule has 0 unspecified atom stereocenters. The number of hydrogen-bond donors (Lipinski definition) is 0. The monoisotopic (exact) mass is 190 g/mol. The van der Waals surface area contributed by atoms with Gasteiger partial charge in [0.15, 0.2) is 12.1 Å². The molecule has 0 atom stereocenters. The Morgan fingerprint density at radius 1 is 1.43 bits per heavy atom. The third-order valence-corrected chi connectivity index (χ3v) is 1.89. The third-order valence-electron chi connectivity index (χ3n) is 1.89. The van der Waals surface area contributed by atoms with Crippen molar-refractivity contribution in [3.8, 4) is 5.82 Å². The van der Waals surface area contributed by atoms with E-state index in [4.69, 9.17) is 0 Å². The fraction of sp³-hybridized carbons (Fsp3) is 0.222. The topological polar surface area (TPSA) is 52.7 Å². The van der Waals surface area contributed by atoms with Gasteiger partial charge in [-0.15, -0.1) is 0 Å². The van der Waals surface area contributed by atoms with Crippen molar-refractivity contribution in [2.75, 3.05) is 0 Å². The predicted molar refractivity (Wildman–Crippen MR) is 50.5 cm³/mol. The van der Waals surface area contributed by atoms with Crippen LogP contribution in [0.25, 0.3) is 5.82 Å². The Morgan fingerprint density at radius 3 is 2.79 bits per heavy atom. The van der Waals surface area contributed by atoms with Gasteiger partial charge in [0.05, 0.1) is 11.8 Å². The molecule has 0 fully saturated rings. The summed E-state index contributed by atoms with van der Waals surface area (Å²) in [5.74, 6) is 0.565. The third kappa shape index (κ3) is 1.32. The Labute approximate surface area is 81.0 Å². The van der Waals surface area contributed by atoms with Crippen molar-refractivity contribution in [3.05, 3.63) is 29.7 Å². The van der Waals surface area contributed by atoms with E-state index in [1.165, 1.54) is 0 Å². The molecule has 2 rings (SSSR count). The molecule has 2 heterocycles. The summed E-state index contributed by atoms with van der Waals surface area (Å²) in [5.41, 5.74) is 1.57. The number of aryl methyl sites for hydroxylation is 2. The van der Waals surface area contributed by atoms with Crippen molar-refractivity contribution in [3.63, 3.8) is 0 Å². The molecule has 0 N–H and O–H groups in total. The number of aromatic nitrogens is 4. The Bertz CT molecular complexity index is 469. The molecule has 0 aromatic carbocycles. The van der Waals surface area contributed by atoms with E-state index >= 15 is 0 Å². The summed E-state index contributed by atoms with van der Waals surface area (Å²) in [6.07, 6.45) is 6.00. The molecule has 2 aromatic rings. The Hall–Kier alpha value is -1.91. The molecule has 0 bridgehead atoms. The van der Waals surface area contributed by atoms with Gasteiger partial charge in [-0.25, -0.2) is 4.68 Å². The highest BCUT2D eigenvalue weighted by Gasteiger charge is 2.09. The predicted octanol–water partition coefficient (Wildman–Crippen LogP) is 0.727. The quantitative estimate of drug-likeness (QED) is 0.656. The smallest absolute Gasteiger partial charge is 0.185 e. The van der Waals surface area contributed by atoms with Gasteiger partial charge in [-0.2, -0.15) is 10.2 Å². The number of nitrogens with zero attached hydrogens (tertiary/aromatic N) is 4. The highest BCUT2D eigenvalue weighted by molar-refractivity contribution is 5.79. The maximum atomic E-state index is 10.7. The maximum Gasteiger partial charge on any atom is 0.185 e. The lowest BCUT2D eigenvalue weighted by molar-refractivity contribution is 0.112. The van der Waals surface area contributed by atoms with Gasteiger partial charge < -0.3 is 0 Å². The highest BCUT2D eigenvalue weighted by atomic mass is 16.1. The lowest BCUT2D eigenvalue weighted by Crippen LogP contribution is -1.99. The molecule has 0 aliphatic rings. The second kappa shape index (κ2) is 3.10. The largest absolute Gasteiger partial charge is 0.298 e. The minimum absolute atomic E-state index is 0.538. The zero-order chi connectivity index (χ0) is 10.1. The van der Waals surface area contributed by atoms with Gasteiger partial charge in [-0.1, -0.05) is 0 Å². The van der Waals surface area contributed by atoms with Gasteiger partial charge in [0.25, 0.3) is 0 Å². The number of carbonyl (C=O) groups is 1. The second-order valence-electron chi connectivity index (χ2n) is 3.16. The highest BCUT2D eigenvalue weighted by Crippen LogP contribution is 2.09. The molecule has 0 amide bonds. The van der Waals surface area contributed by atoms with Crippen LogP contribution in [0.2, 0.25) is 0 Å². The second-order valence-corrected chi connectivity index (χ2v) is 3.16. The van der Waals surface area contributed by atoms with Gasteiger partial charge in [0, 0.05) is 19.4 Å². The van der Waals surface area contributed by atoms with Crippen LogP contribution in [0.5, 0.6) is 0 Å². The molecule has 0 aliphatic heterocycles. The van der Waals surface area contributed by atoms with Crippen molar-refractivity contribution in [1.29, 1.82) is 0 Å². The van der Waals surface area contributed by atoms with E-state index in [9.17, 15) is 4.79 Å². The van der Waals surface area contributed by atoms with Gasteiger partial charge in [-0.3, -0.25) is 9.48 Å². The van der Waals surface area contributed by atoms with Crippen LogP contribution in [-0.4, -0.2) is 25.8 Å². The van der Waals surface area contributed by atoms with Crippen LogP contribution >= 0.6 is 0 Å². The first-order chi connectivity index (χ1) is 6.70. The maximum absolute atomic E-state index is 10.7. The normalized spacial score (nSPS) is 10.4. The van der Waals surface area contributed by atoms with E-state index in [2.05, 4.69) is 10.2 Å². The van der Waals surface area contributed by atoms with Crippen LogP contribution in [0.1, 0.15) is 15.9 Å². The molecular formula is C9H10N4O. The molecule has 5 nitrogen and oxygen atoms in total. The molecule has 5 heteroatoms. The van der Waals surface area contributed by atoms with Crippen molar-refractivity contribution in [1.82, 2.24) is 19.6 Å². The lowest BCUT2D eigenvalue weighted by atomic mass is 10.3. The van der Waals surface area contributed by atoms with E-state index < -0.39 is 0 Å². The average molecular weight is 190 g/mol. The zero-order valence-electron chi connectivity index (χ0n) is 8.01. The number of rotatable bonds is 2. The SMILES string of the molecule is Cc1cnn(-c2nn(C)cc2C=O)c1. The Kier molecular flexibility index (Phi) is 1.92. The van der Waals surface area contributed by atoms with Crippen molar-refractivity contribution >= 4 is 6.29 Å². The molecule has 2 aromatic heterocycles. The summed E-state index contributed by atoms with van der Waals surface area (Å²) < 4.78 is 3.19. The van der Waals surface area contributed by atoms with Crippen molar-refractivity contribution in [2.45, 2.75) is 6.92 Å². The van der Waals surface area contributed by atoms with Gasteiger partial charge in [0.2, 0.25) is 0 Å². The van der Waals surface area contributed by atoms with E-state index in [-0.39, 0.29) is 0 Å². The fourth-order valence-corrected chi connectivity index (χ4v) is 1.28. The van der Waals surface area contributed by atoms with Crippen molar-refractivity contribution in [2.24, 2.45) is 7.05 Å². The Morgan fingerprint density at radius 2 is 2.21 bits per heavy atom. The van der Waals surface area contributed by atoms with Gasteiger partial charge in [0.1, 0.15) is 0 Å². The molecular weight excluding hydrogens is 180 g/mol. The van der Waals surface area contributed by atoms with Crippen LogP contribution in [0, 0.1) is 6.92 Å². The van der Waals surface area contributed by atoms with Crippen LogP contribution in [0.4, 0.5) is 0 Å². The number of aldehydes is 1. The summed E-state index contributed by atoms with van der Waals surface area (Å²) >= 11 is 0. The first kappa shape index (κ1) is 8.68. The average Bonchev–Trinajstić information content (AvgIpc) is 2.71.